The quantitative estimate of drug-likeness (QED) is 0.216. The molecule has 0 aliphatic rings. The van der Waals surface area contributed by atoms with E-state index in [-0.39, 0.29) is 0 Å². The molecule has 0 bridgehead atoms. The van der Waals surface area contributed by atoms with Crippen LogP contribution in [0.4, 0.5) is 26.3 Å². The summed E-state index contributed by atoms with van der Waals surface area (Å²) in [6.07, 6.45) is -6.13. The Balaban J connectivity index is 5.84. The predicted molar refractivity (Wildman–Crippen MR) is 54.9 cm³/mol. The summed E-state index contributed by atoms with van der Waals surface area (Å²) in [6.45, 7) is -0.649. The molecule has 0 saturated carbocycles. The lowest BCUT2D eigenvalue weighted by atomic mass is 10.2. The fourth-order valence-corrected chi connectivity index (χ4v) is 1.08. The first-order valence-electron chi connectivity index (χ1n) is 4.89. The second-order valence-corrected chi connectivity index (χ2v) is 5.16. The Kier molecular flexibility index (Phi) is 5.81. The van der Waals surface area contributed by atoms with Crippen LogP contribution >= 0.6 is 0 Å². The van der Waals surface area contributed by atoms with E-state index in [2.05, 4.69) is 21.8 Å². The van der Waals surface area contributed by atoms with Crippen LogP contribution in [-0.2, 0) is 29.2 Å². The van der Waals surface area contributed by atoms with E-state index in [0.717, 1.165) is 0 Å². The molecule has 1 amide bonds. The fourth-order valence-electron chi connectivity index (χ4n) is 0.874. The van der Waals surface area contributed by atoms with Crippen molar-refractivity contribution in [2.24, 2.45) is 5.73 Å². The van der Waals surface area contributed by atoms with Crippen molar-refractivity contribution in [1.82, 2.24) is 0 Å². The smallest absolute Gasteiger partial charge is 0.466 e. The number of hydrogen-bond donors (Lipinski definition) is 1. The van der Waals surface area contributed by atoms with Gasteiger partial charge in [0, 0.05) is 0 Å². The van der Waals surface area contributed by atoms with E-state index >= 15 is 0 Å². The van der Waals surface area contributed by atoms with Gasteiger partial charge in [-0.05, 0) is 0 Å². The topological polar surface area (TPSA) is 136 Å². The summed E-state index contributed by atoms with van der Waals surface area (Å²) in [4.78, 5) is 21.6. The molecule has 0 spiro atoms. The van der Waals surface area contributed by atoms with E-state index in [1.54, 1.807) is 0 Å². The number of carbonyl (C=O) groups is 2. The van der Waals surface area contributed by atoms with E-state index in [0.29, 0.717) is 0 Å². The maximum Gasteiger partial charge on any atom is 0.466 e. The lowest BCUT2D eigenvalue weighted by molar-refractivity contribution is -0.351. The SMILES string of the molecule is C=C(F)C(=O)OC(OCC(F)(F)S(=O)(=O)[O-])(C(N)=O)C(F)(F)F. The van der Waals surface area contributed by atoms with Crippen molar-refractivity contribution in [3.8, 4) is 0 Å². The van der Waals surface area contributed by atoms with Gasteiger partial charge in [0.15, 0.2) is 10.1 Å². The number of ether oxygens (including phenoxy) is 2. The molecule has 0 aromatic rings. The van der Waals surface area contributed by atoms with Crippen LogP contribution in [0.5, 0.6) is 0 Å². The lowest BCUT2D eigenvalue weighted by Crippen LogP contribution is -2.61. The summed E-state index contributed by atoms with van der Waals surface area (Å²) in [5, 5.41) is -5.45. The first-order chi connectivity index (χ1) is 9.98. The average molecular weight is 374 g/mol. The summed E-state index contributed by atoms with van der Waals surface area (Å²) >= 11 is 0. The first-order valence-corrected chi connectivity index (χ1v) is 6.30. The Labute approximate surface area is 123 Å². The number of esters is 1. The normalized spacial score (nSPS) is 15.6. The van der Waals surface area contributed by atoms with Gasteiger partial charge in [-0.15, -0.1) is 0 Å². The molecule has 2 N–H and O–H groups in total. The molecule has 0 radical (unpaired) electrons. The zero-order valence-electron chi connectivity index (χ0n) is 10.5. The molecule has 0 aliphatic heterocycles. The molecule has 15 heteroatoms. The van der Waals surface area contributed by atoms with Gasteiger partial charge in [-0.1, -0.05) is 6.58 Å². The number of carbonyl (C=O) groups excluding carboxylic acids is 2. The van der Waals surface area contributed by atoms with Crippen LogP contribution in [0.25, 0.3) is 0 Å². The highest BCUT2D eigenvalue weighted by molar-refractivity contribution is 7.86. The third-order valence-corrected chi connectivity index (χ3v) is 2.81. The average Bonchev–Trinajstić information content (AvgIpc) is 2.30. The number of primary amides is 1. The minimum atomic E-state index is -6.50. The van der Waals surface area contributed by atoms with Gasteiger partial charge in [-0.2, -0.15) is 26.3 Å². The van der Waals surface area contributed by atoms with Crippen molar-refractivity contribution < 1.29 is 58.4 Å². The third kappa shape index (κ3) is 4.55. The largest absolute Gasteiger partial charge is 0.743 e. The molecule has 0 aliphatic carbocycles. The zero-order valence-corrected chi connectivity index (χ0v) is 11.3. The Hall–Kier alpha value is -1.87. The van der Waals surface area contributed by atoms with Crippen LogP contribution in [-0.4, -0.2) is 48.7 Å². The van der Waals surface area contributed by atoms with E-state index in [9.17, 15) is 48.9 Å². The minimum Gasteiger partial charge on any atom is -0.743 e. The molecule has 1 unspecified atom stereocenters. The monoisotopic (exact) mass is 374 g/mol. The van der Waals surface area contributed by atoms with Gasteiger partial charge in [0.2, 0.25) is 5.83 Å². The van der Waals surface area contributed by atoms with E-state index in [1.165, 1.54) is 0 Å². The molecule has 134 valence electrons. The molecule has 23 heavy (non-hydrogen) atoms. The highest BCUT2D eigenvalue weighted by Crippen LogP contribution is 2.37. The summed E-state index contributed by atoms with van der Waals surface area (Å²) in [5.74, 6) is -12.5. The van der Waals surface area contributed by atoms with Gasteiger partial charge in [0.1, 0.15) is 6.61 Å². The summed E-state index contributed by atoms with van der Waals surface area (Å²) < 4.78 is 113. The summed E-state index contributed by atoms with van der Waals surface area (Å²) in [5.41, 5.74) is 4.26. The first kappa shape index (κ1) is 21.1. The Bertz CT molecular complexity index is 615. The van der Waals surface area contributed by atoms with Crippen molar-refractivity contribution >= 4 is 22.0 Å². The Morgan fingerprint density at radius 3 is 1.87 bits per heavy atom. The van der Waals surface area contributed by atoms with Gasteiger partial charge in [-0.3, -0.25) is 4.79 Å². The lowest BCUT2D eigenvalue weighted by Gasteiger charge is -2.32. The Morgan fingerprint density at radius 1 is 1.17 bits per heavy atom. The number of hydrogen-bond acceptors (Lipinski definition) is 7. The van der Waals surface area contributed by atoms with Gasteiger partial charge in [0.05, 0.1) is 0 Å². The van der Waals surface area contributed by atoms with Crippen molar-refractivity contribution in [3.05, 3.63) is 12.4 Å². The minimum absolute atomic E-state index is 2.19. The molecule has 0 rings (SSSR count). The number of nitrogens with two attached hydrogens (primary N) is 1. The standard InChI is InChI=1S/C8H7F6NO7S/c1-3(9)4(16)22-7(5(15)17,8(12,13)14)21-2-6(10,11)23(18,19)20/h1-2H2,(H2,15,17)(H,18,19,20)/p-1. The molecule has 8 nitrogen and oxygen atoms in total. The number of halogens is 6. The van der Waals surface area contributed by atoms with Crippen LogP contribution in [0.1, 0.15) is 0 Å². The van der Waals surface area contributed by atoms with Crippen LogP contribution in [0.2, 0.25) is 0 Å². The molecule has 0 saturated heterocycles. The van der Waals surface area contributed by atoms with Gasteiger partial charge in [-0.25, -0.2) is 13.2 Å². The van der Waals surface area contributed by atoms with Crippen molar-refractivity contribution in [2.75, 3.05) is 6.61 Å². The molecule has 0 fully saturated rings. The van der Waals surface area contributed by atoms with E-state index in [1.807, 2.05) is 0 Å². The fraction of sp³-hybridized carbons (Fsp3) is 0.500. The van der Waals surface area contributed by atoms with Crippen LogP contribution in [0, 0.1) is 0 Å². The predicted octanol–water partition coefficient (Wildman–Crippen LogP) is -0.0887. The maximum absolute atomic E-state index is 12.8. The molecular formula is C8H6F6NO7S-. The highest BCUT2D eigenvalue weighted by Gasteiger charge is 2.66. The number of amides is 1. The van der Waals surface area contributed by atoms with Crippen molar-refractivity contribution in [2.45, 2.75) is 17.2 Å². The molecular weight excluding hydrogens is 368 g/mol. The third-order valence-electron chi connectivity index (χ3n) is 1.96. The molecule has 0 aromatic carbocycles. The van der Waals surface area contributed by atoms with Crippen molar-refractivity contribution in [3.63, 3.8) is 0 Å². The number of alkyl halides is 5. The van der Waals surface area contributed by atoms with Crippen molar-refractivity contribution in [1.29, 1.82) is 0 Å². The van der Waals surface area contributed by atoms with Crippen LogP contribution < -0.4 is 5.73 Å². The zero-order chi connectivity index (χ0) is 18.9. The molecule has 0 aromatic heterocycles. The van der Waals surface area contributed by atoms with Crippen LogP contribution in [0.15, 0.2) is 12.4 Å². The second kappa shape index (κ2) is 6.32. The summed E-state index contributed by atoms with van der Waals surface area (Å²) in [6, 6.07) is 0. The molecule has 0 heterocycles. The highest BCUT2D eigenvalue weighted by atomic mass is 32.2. The van der Waals surface area contributed by atoms with E-state index < -0.39 is 51.6 Å². The van der Waals surface area contributed by atoms with Gasteiger partial charge < -0.3 is 19.8 Å². The number of rotatable bonds is 7. The second-order valence-electron chi connectivity index (χ2n) is 3.65. The molecule has 1 atom stereocenters. The van der Waals surface area contributed by atoms with Gasteiger partial charge >= 0.3 is 29.1 Å². The van der Waals surface area contributed by atoms with E-state index in [4.69, 9.17) is 0 Å². The summed E-state index contributed by atoms with van der Waals surface area (Å²) in [7, 11) is -6.50. The van der Waals surface area contributed by atoms with Crippen LogP contribution in [0.3, 0.4) is 0 Å². The maximum atomic E-state index is 12.8. The van der Waals surface area contributed by atoms with Gasteiger partial charge in [0.25, 0.3) is 0 Å². The Morgan fingerprint density at radius 2 is 1.61 bits per heavy atom.